The zero-order chi connectivity index (χ0) is 27.7. The van der Waals surface area contributed by atoms with Gasteiger partial charge < -0.3 is 14.8 Å². The summed E-state index contributed by atoms with van der Waals surface area (Å²) >= 11 is 0. The molecule has 0 radical (unpaired) electrons. The summed E-state index contributed by atoms with van der Waals surface area (Å²) in [5.74, 6) is 2.08. The van der Waals surface area contributed by atoms with E-state index in [1.165, 1.54) is 0 Å². The Morgan fingerprint density at radius 1 is 1.05 bits per heavy atom. The molecule has 1 aromatic carbocycles. The van der Waals surface area contributed by atoms with Crippen LogP contribution in [0.15, 0.2) is 54.3 Å². The standard InChI is InChI=1S/C33H46FN3O2/c1-5-38-30-12-14-33(4,15-13-30)31-11-10-29(36-32(31)39-21-20-37-18-16-35-17-19-37)9-8-27-22-26(7-6-25(2)3)23-28(34)24-27/h10-14,22-25,35H,5-9,15-21H2,1-4H3. The molecule has 1 fully saturated rings. The van der Waals surface area contributed by atoms with Crippen LogP contribution in [0.2, 0.25) is 0 Å². The normalized spacial score (nSPS) is 19.8. The van der Waals surface area contributed by atoms with E-state index in [-0.39, 0.29) is 11.2 Å². The summed E-state index contributed by atoms with van der Waals surface area (Å²) < 4.78 is 26.4. The van der Waals surface area contributed by atoms with E-state index in [4.69, 9.17) is 14.5 Å². The van der Waals surface area contributed by atoms with Gasteiger partial charge in [0.1, 0.15) is 18.2 Å². The Hall–Kier alpha value is -2.70. The van der Waals surface area contributed by atoms with E-state index in [9.17, 15) is 4.39 Å². The first kappa shape index (κ1) is 29.3. The van der Waals surface area contributed by atoms with Crippen LogP contribution in [0, 0.1) is 11.7 Å². The lowest BCUT2D eigenvalue weighted by molar-refractivity contribution is 0.186. The highest BCUT2D eigenvalue weighted by Crippen LogP contribution is 2.38. The number of rotatable bonds is 13. The van der Waals surface area contributed by atoms with Gasteiger partial charge in [-0.15, -0.1) is 0 Å². The fourth-order valence-corrected chi connectivity index (χ4v) is 5.29. The summed E-state index contributed by atoms with van der Waals surface area (Å²) in [5, 5.41) is 3.40. The maximum atomic E-state index is 14.3. The molecule has 1 atom stereocenters. The number of nitrogens with zero attached hydrogens (tertiary/aromatic N) is 2. The number of aromatic nitrogens is 1. The molecule has 1 aliphatic heterocycles. The first-order valence-corrected chi connectivity index (χ1v) is 14.7. The SMILES string of the molecule is CCOC1=CCC(C)(c2ccc(CCc3cc(F)cc(CCC(C)C)c3)nc2OCCN2CCNCC2)C=C1. The minimum absolute atomic E-state index is 0.150. The Bertz CT molecular complexity index is 1140. The molecule has 39 heavy (non-hydrogen) atoms. The van der Waals surface area contributed by atoms with Crippen molar-refractivity contribution >= 4 is 0 Å². The second-order valence-corrected chi connectivity index (χ2v) is 11.5. The van der Waals surface area contributed by atoms with Gasteiger partial charge >= 0.3 is 0 Å². The van der Waals surface area contributed by atoms with E-state index in [1.54, 1.807) is 12.1 Å². The summed E-state index contributed by atoms with van der Waals surface area (Å²) in [5.41, 5.74) is 3.95. The zero-order valence-electron chi connectivity index (χ0n) is 24.3. The Balaban J connectivity index is 1.49. The van der Waals surface area contributed by atoms with E-state index in [1.807, 2.05) is 6.92 Å². The molecule has 0 bridgehead atoms. The number of nitrogens with one attached hydrogen (secondary N) is 1. The molecule has 0 amide bonds. The number of benzene rings is 1. The van der Waals surface area contributed by atoms with Crippen molar-refractivity contribution in [1.29, 1.82) is 0 Å². The van der Waals surface area contributed by atoms with Crippen LogP contribution in [0.4, 0.5) is 4.39 Å². The molecule has 1 unspecified atom stereocenters. The predicted octanol–water partition coefficient (Wildman–Crippen LogP) is 6.02. The van der Waals surface area contributed by atoms with Crippen molar-refractivity contribution in [2.45, 2.75) is 65.2 Å². The third-order valence-electron chi connectivity index (χ3n) is 7.74. The largest absolute Gasteiger partial charge is 0.494 e. The predicted molar refractivity (Wildman–Crippen MR) is 157 cm³/mol. The second kappa shape index (κ2) is 14.1. The molecule has 6 heteroatoms. The number of halogens is 1. The molecule has 2 aromatic rings. The Kier molecular flexibility index (Phi) is 10.6. The molecular formula is C33H46FN3O2. The lowest BCUT2D eigenvalue weighted by Gasteiger charge is -2.30. The van der Waals surface area contributed by atoms with Gasteiger partial charge in [0.25, 0.3) is 0 Å². The fraction of sp³-hybridized carbons (Fsp3) is 0.545. The number of piperazine rings is 1. The molecule has 1 N–H and O–H groups in total. The molecule has 1 aliphatic carbocycles. The highest BCUT2D eigenvalue weighted by atomic mass is 19.1. The fourth-order valence-electron chi connectivity index (χ4n) is 5.29. The molecule has 212 valence electrons. The first-order valence-electron chi connectivity index (χ1n) is 14.7. The smallest absolute Gasteiger partial charge is 0.217 e. The van der Waals surface area contributed by atoms with Crippen LogP contribution in [0.3, 0.4) is 0 Å². The van der Waals surface area contributed by atoms with Crippen molar-refractivity contribution in [2.24, 2.45) is 5.92 Å². The van der Waals surface area contributed by atoms with Gasteiger partial charge in [-0.05, 0) is 86.4 Å². The van der Waals surface area contributed by atoms with Gasteiger partial charge in [0, 0.05) is 49.4 Å². The lowest BCUT2D eigenvalue weighted by atomic mass is 9.77. The van der Waals surface area contributed by atoms with Crippen LogP contribution in [-0.4, -0.2) is 55.8 Å². The van der Waals surface area contributed by atoms with E-state index >= 15 is 0 Å². The van der Waals surface area contributed by atoms with Crippen LogP contribution in [0.1, 0.15) is 62.9 Å². The first-order chi connectivity index (χ1) is 18.8. The molecule has 0 spiro atoms. The van der Waals surface area contributed by atoms with Crippen LogP contribution < -0.4 is 10.1 Å². The monoisotopic (exact) mass is 535 g/mol. The van der Waals surface area contributed by atoms with E-state index in [0.29, 0.717) is 25.0 Å². The molecule has 2 aliphatic rings. The maximum Gasteiger partial charge on any atom is 0.217 e. The molecule has 1 aromatic heterocycles. The summed E-state index contributed by atoms with van der Waals surface area (Å²) in [6, 6.07) is 9.77. The van der Waals surface area contributed by atoms with Gasteiger partial charge in [-0.1, -0.05) is 39.0 Å². The summed E-state index contributed by atoms with van der Waals surface area (Å²) in [6.45, 7) is 14.9. The molecule has 1 saturated heterocycles. The Morgan fingerprint density at radius 2 is 1.82 bits per heavy atom. The van der Waals surface area contributed by atoms with Crippen LogP contribution in [0.5, 0.6) is 5.88 Å². The van der Waals surface area contributed by atoms with Gasteiger partial charge in [-0.2, -0.15) is 0 Å². The van der Waals surface area contributed by atoms with Gasteiger partial charge in [0.2, 0.25) is 5.88 Å². The van der Waals surface area contributed by atoms with E-state index in [0.717, 1.165) is 93.0 Å². The van der Waals surface area contributed by atoms with Crippen molar-refractivity contribution < 1.29 is 13.9 Å². The van der Waals surface area contributed by atoms with Crippen molar-refractivity contribution in [2.75, 3.05) is 45.9 Å². The zero-order valence-corrected chi connectivity index (χ0v) is 24.3. The van der Waals surface area contributed by atoms with Gasteiger partial charge in [-0.3, -0.25) is 4.90 Å². The molecule has 4 rings (SSSR count). The molecule has 2 heterocycles. The highest BCUT2D eigenvalue weighted by molar-refractivity contribution is 5.42. The minimum Gasteiger partial charge on any atom is -0.494 e. The summed E-state index contributed by atoms with van der Waals surface area (Å²) in [4.78, 5) is 7.45. The average molecular weight is 536 g/mol. The van der Waals surface area contributed by atoms with Crippen molar-refractivity contribution in [3.8, 4) is 5.88 Å². The Morgan fingerprint density at radius 3 is 2.51 bits per heavy atom. The second-order valence-electron chi connectivity index (χ2n) is 11.5. The van der Waals surface area contributed by atoms with Crippen LogP contribution in [-0.2, 0) is 29.4 Å². The van der Waals surface area contributed by atoms with Gasteiger partial charge in [0.15, 0.2) is 0 Å². The molecule has 5 nitrogen and oxygen atoms in total. The summed E-state index contributed by atoms with van der Waals surface area (Å²) in [6.07, 6.45) is 10.7. The quantitative estimate of drug-likeness (QED) is 0.340. The van der Waals surface area contributed by atoms with Crippen molar-refractivity contribution in [3.05, 3.63) is 82.5 Å². The Labute approximate surface area is 234 Å². The highest BCUT2D eigenvalue weighted by Gasteiger charge is 2.30. The van der Waals surface area contributed by atoms with Crippen LogP contribution in [0.25, 0.3) is 0 Å². The molecule has 0 saturated carbocycles. The number of hydrogen-bond donors (Lipinski definition) is 1. The van der Waals surface area contributed by atoms with Crippen molar-refractivity contribution in [1.82, 2.24) is 15.2 Å². The number of aryl methyl sites for hydroxylation is 3. The number of allylic oxidation sites excluding steroid dienone is 3. The molecular weight excluding hydrogens is 489 g/mol. The van der Waals surface area contributed by atoms with E-state index in [2.05, 4.69) is 67.4 Å². The van der Waals surface area contributed by atoms with E-state index < -0.39 is 0 Å². The third kappa shape index (κ3) is 8.64. The summed E-state index contributed by atoms with van der Waals surface area (Å²) in [7, 11) is 0. The maximum absolute atomic E-state index is 14.3. The number of ether oxygens (including phenoxy) is 2. The number of pyridine rings is 1. The van der Waals surface area contributed by atoms with Gasteiger partial charge in [-0.25, -0.2) is 9.37 Å². The minimum atomic E-state index is -0.218. The topological polar surface area (TPSA) is 46.6 Å². The average Bonchev–Trinajstić information content (AvgIpc) is 2.93. The number of hydrogen-bond acceptors (Lipinski definition) is 5. The van der Waals surface area contributed by atoms with Gasteiger partial charge in [0.05, 0.1) is 6.61 Å². The van der Waals surface area contributed by atoms with Crippen molar-refractivity contribution in [3.63, 3.8) is 0 Å². The third-order valence-corrected chi connectivity index (χ3v) is 7.74. The lowest BCUT2D eigenvalue weighted by Crippen LogP contribution is -2.44. The van der Waals surface area contributed by atoms with Crippen LogP contribution >= 0.6 is 0 Å².